The Morgan fingerprint density at radius 1 is 0.875 bits per heavy atom. The van der Waals surface area contributed by atoms with Crippen LogP contribution >= 0.6 is 0 Å². The summed E-state index contributed by atoms with van der Waals surface area (Å²) >= 11 is 0. The number of carbonyl (C=O) groups excluding carboxylic acids is 1. The Labute approximate surface area is 138 Å². The minimum atomic E-state index is -0.0476. The highest BCUT2D eigenvalue weighted by molar-refractivity contribution is 6.15. The third-order valence-electron chi connectivity index (χ3n) is 3.99. The molecule has 3 heterocycles. The van der Waals surface area contributed by atoms with Gasteiger partial charge in [0.15, 0.2) is 11.5 Å². The van der Waals surface area contributed by atoms with Crippen LogP contribution in [0.4, 0.5) is 0 Å². The first kappa shape index (κ1) is 14.3. The van der Waals surface area contributed by atoms with Gasteiger partial charge in [0, 0.05) is 11.3 Å². The molecular weight excluding hydrogens is 302 g/mol. The van der Waals surface area contributed by atoms with Gasteiger partial charge in [0.05, 0.1) is 29.3 Å². The lowest BCUT2D eigenvalue weighted by Crippen LogP contribution is -2.03. The maximum atomic E-state index is 13.1. The van der Waals surface area contributed by atoms with Gasteiger partial charge in [0.2, 0.25) is 0 Å². The van der Waals surface area contributed by atoms with Gasteiger partial charge >= 0.3 is 0 Å². The maximum Gasteiger partial charge on any atom is 0.195 e. The molecule has 118 valence electrons. The average Bonchev–Trinajstić information content (AvgIpc) is 3.35. The summed E-state index contributed by atoms with van der Waals surface area (Å²) in [4.78, 5) is 16.4. The number of rotatable bonds is 4. The number of benzene rings is 1. The van der Waals surface area contributed by atoms with Gasteiger partial charge in [-0.2, -0.15) is 0 Å². The van der Waals surface area contributed by atoms with E-state index in [-0.39, 0.29) is 5.78 Å². The Bertz CT molecular complexity index is 962. The summed E-state index contributed by atoms with van der Waals surface area (Å²) in [6.45, 7) is 1.88. The lowest BCUT2D eigenvalue weighted by atomic mass is 9.97. The number of hydrogen-bond donors (Lipinski definition) is 1. The number of aromatic nitrogens is 1. The van der Waals surface area contributed by atoms with Gasteiger partial charge in [-0.25, -0.2) is 0 Å². The minimum Gasteiger partial charge on any atom is -0.464 e. The molecule has 0 aliphatic carbocycles. The van der Waals surface area contributed by atoms with Crippen LogP contribution in [0.2, 0.25) is 0 Å². The van der Waals surface area contributed by atoms with Crippen molar-refractivity contribution in [3.63, 3.8) is 0 Å². The maximum absolute atomic E-state index is 13.1. The van der Waals surface area contributed by atoms with E-state index in [2.05, 4.69) is 4.98 Å². The SMILES string of the molecule is Cc1[nH]c(-c2ccco2)c(-c2ccco2)c1C(=O)c1ccccc1. The van der Waals surface area contributed by atoms with Gasteiger partial charge in [0.1, 0.15) is 5.76 Å². The van der Waals surface area contributed by atoms with Crippen molar-refractivity contribution in [1.29, 1.82) is 0 Å². The summed E-state index contributed by atoms with van der Waals surface area (Å²) in [7, 11) is 0. The number of aryl methyl sites for hydroxylation is 1. The molecular formula is C20H15NO3. The Hall–Kier alpha value is -3.27. The van der Waals surface area contributed by atoms with Crippen LogP contribution in [0.25, 0.3) is 22.8 Å². The number of carbonyl (C=O) groups is 1. The first-order chi connectivity index (χ1) is 11.8. The fourth-order valence-electron chi connectivity index (χ4n) is 2.92. The standard InChI is InChI=1S/C20H15NO3/c1-13-17(20(22)14-7-3-2-4-8-14)18(15-9-5-11-23-15)19(21-13)16-10-6-12-24-16/h2-12,21H,1H3. The van der Waals surface area contributed by atoms with E-state index in [1.165, 1.54) is 0 Å². The third kappa shape index (κ3) is 2.29. The number of nitrogens with one attached hydrogen (secondary N) is 1. The van der Waals surface area contributed by atoms with E-state index >= 15 is 0 Å². The largest absolute Gasteiger partial charge is 0.464 e. The van der Waals surface area contributed by atoms with Crippen molar-refractivity contribution in [1.82, 2.24) is 4.98 Å². The molecule has 3 aromatic heterocycles. The van der Waals surface area contributed by atoms with Crippen molar-refractivity contribution >= 4 is 5.78 Å². The summed E-state index contributed by atoms with van der Waals surface area (Å²) in [6, 6.07) is 16.6. The zero-order chi connectivity index (χ0) is 16.5. The highest BCUT2D eigenvalue weighted by Gasteiger charge is 2.26. The Kier molecular flexibility index (Phi) is 3.43. The van der Waals surface area contributed by atoms with Gasteiger partial charge in [-0.3, -0.25) is 4.79 Å². The number of ketones is 1. The fraction of sp³-hybridized carbons (Fsp3) is 0.0500. The molecule has 0 aliphatic rings. The quantitative estimate of drug-likeness (QED) is 0.534. The van der Waals surface area contributed by atoms with E-state index in [1.54, 1.807) is 18.6 Å². The molecule has 0 aliphatic heterocycles. The zero-order valence-corrected chi connectivity index (χ0v) is 13.1. The lowest BCUT2D eigenvalue weighted by molar-refractivity contribution is 0.103. The van der Waals surface area contributed by atoms with Gasteiger partial charge in [-0.1, -0.05) is 30.3 Å². The van der Waals surface area contributed by atoms with Crippen LogP contribution in [0, 0.1) is 6.92 Å². The van der Waals surface area contributed by atoms with E-state index in [0.717, 1.165) is 17.0 Å². The number of H-pyrrole nitrogens is 1. The van der Waals surface area contributed by atoms with E-state index in [1.807, 2.05) is 55.5 Å². The molecule has 4 aromatic rings. The second-order valence-corrected chi connectivity index (χ2v) is 5.52. The molecule has 0 atom stereocenters. The topological polar surface area (TPSA) is 59.1 Å². The summed E-state index contributed by atoms with van der Waals surface area (Å²) in [5.41, 5.74) is 3.48. The van der Waals surface area contributed by atoms with Gasteiger partial charge in [0.25, 0.3) is 0 Å². The first-order valence-corrected chi connectivity index (χ1v) is 7.66. The monoisotopic (exact) mass is 317 g/mol. The number of furan rings is 2. The Morgan fingerprint density at radius 2 is 1.54 bits per heavy atom. The molecule has 1 aromatic carbocycles. The van der Waals surface area contributed by atoms with E-state index in [0.29, 0.717) is 22.6 Å². The molecule has 0 radical (unpaired) electrons. The molecule has 0 saturated heterocycles. The molecule has 0 saturated carbocycles. The highest BCUT2D eigenvalue weighted by atomic mass is 16.3. The van der Waals surface area contributed by atoms with Crippen molar-refractivity contribution in [2.24, 2.45) is 0 Å². The number of hydrogen-bond acceptors (Lipinski definition) is 3. The van der Waals surface area contributed by atoms with Gasteiger partial charge < -0.3 is 13.8 Å². The second-order valence-electron chi connectivity index (χ2n) is 5.52. The molecule has 1 N–H and O–H groups in total. The fourth-order valence-corrected chi connectivity index (χ4v) is 2.92. The molecule has 24 heavy (non-hydrogen) atoms. The molecule has 4 rings (SSSR count). The van der Waals surface area contributed by atoms with Gasteiger partial charge in [-0.15, -0.1) is 0 Å². The Morgan fingerprint density at radius 3 is 2.17 bits per heavy atom. The van der Waals surface area contributed by atoms with Crippen LogP contribution < -0.4 is 0 Å². The lowest BCUT2D eigenvalue weighted by Gasteiger charge is -2.05. The minimum absolute atomic E-state index is 0.0476. The van der Waals surface area contributed by atoms with Crippen molar-refractivity contribution in [3.8, 4) is 22.8 Å². The van der Waals surface area contributed by atoms with Crippen LogP contribution in [0.1, 0.15) is 21.6 Å². The smallest absolute Gasteiger partial charge is 0.195 e. The average molecular weight is 317 g/mol. The van der Waals surface area contributed by atoms with E-state index < -0.39 is 0 Å². The van der Waals surface area contributed by atoms with Gasteiger partial charge in [-0.05, 0) is 31.2 Å². The Balaban J connectivity index is 1.96. The van der Waals surface area contributed by atoms with Crippen LogP contribution in [0.5, 0.6) is 0 Å². The van der Waals surface area contributed by atoms with Crippen molar-refractivity contribution in [2.75, 3.05) is 0 Å². The predicted octanol–water partition coefficient (Wildman–Crippen LogP) is 5.07. The van der Waals surface area contributed by atoms with Crippen molar-refractivity contribution in [3.05, 3.63) is 83.9 Å². The summed E-state index contributed by atoms with van der Waals surface area (Å²) in [6.07, 6.45) is 3.20. The first-order valence-electron chi connectivity index (χ1n) is 7.66. The van der Waals surface area contributed by atoms with Crippen LogP contribution in [-0.4, -0.2) is 10.8 Å². The summed E-state index contributed by atoms with van der Waals surface area (Å²) in [5.74, 6) is 1.25. The van der Waals surface area contributed by atoms with Crippen LogP contribution in [-0.2, 0) is 0 Å². The van der Waals surface area contributed by atoms with Crippen LogP contribution in [0.15, 0.2) is 76.0 Å². The predicted molar refractivity (Wildman–Crippen MR) is 90.8 cm³/mol. The molecule has 0 bridgehead atoms. The van der Waals surface area contributed by atoms with E-state index in [9.17, 15) is 4.79 Å². The molecule has 0 amide bonds. The van der Waals surface area contributed by atoms with Crippen molar-refractivity contribution in [2.45, 2.75) is 6.92 Å². The molecule has 0 unspecified atom stereocenters. The molecule has 0 fully saturated rings. The van der Waals surface area contributed by atoms with Crippen molar-refractivity contribution < 1.29 is 13.6 Å². The normalized spacial score (nSPS) is 10.9. The van der Waals surface area contributed by atoms with E-state index in [4.69, 9.17) is 8.83 Å². The highest BCUT2D eigenvalue weighted by Crippen LogP contribution is 2.38. The molecule has 4 nitrogen and oxygen atoms in total. The number of aromatic amines is 1. The molecule has 4 heteroatoms. The van der Waals surface area contributed by atoms with Crippen LogP contribution in [0.3, 0.4) is 0 Å². The second kappa shape index (κ2) is 5.74. The molecule has 0 spiro atoms. The summed E-state index contributed by atoms with van der Waals surface area (Å²) < 4.78 is 11.1. The third-order valence-corrected chi connectivity index (χ3v) is 3.99. The zero-order valence-electron chi connectivity index (χ0n) is 13.1. The summed E-state index contributed by atoms with van der Waals surface area (Å²) in [5, 5.41) is 0.